The molecule has 0 aliphatic rings. The van der Waals surface area contributed by atoms with Gasteiger partial charge in [-0.1, -0.05) is 18.2 Å². The molecule has 0 fully saturated rings. The standard InChI is InChI=1S/C14H22N2OS/c1-11(10-15-14(17)12(2)18-4)16(3)13-8-6-5-7-9-13/h5-9,11-12H,10H2,1-4H3,(H,15,17)/t11-,12-/m1/s1. The van der Waals surface area contributed by atoms with Crippen molar-refractivity contribution in [1.29, 1.82) is 0 Å². The van der Waals surface area contributed by atoms with E-state index in [4.69, 9.17) is 0 Å². The SMILES string of the molecule is CS[C@H](C)C(=O)NC[C@@H](C)N(C)c1ccccc1. The van der Waals surface area contributed by atoms with Crippen LogP contribution in [0.3, 0.4) is 0 Å². The van der Waals surface area contributed by atoms with Crippen molar-refractivity contribution in [3.63, 3.8) is 0 Å². The van der Waals surface area contributed by atoms with Gasteiger partial charge in [-0.2, -0.15) is 11.8 Å². The first-order valence-electron chi connectivity index (χ1n) is 6.14. The van der Waals surface area contributed by atoms with Gasteiger partial charge in [0.15, 0.2) is 0 Å². The Kier molecular flexibility index (Phi) is 6.05. The predicted octanol–water partition coefficient (Wildman–Crippen LogP) is 2.38. The molecule has 0 radical (unpaired) electrons. The average Bonchev–Trinajstić information content (AvgIpc) is 2.43. The van der Waals surface area contributed by atoms with E-state index in [0.717, 1.165) is 5.69 Å². The molecular formula is C14H22N2OS. The highest BCUT2D eigenvalue weighted by Crippen LogP contribution is 2.13. The third-order valence-electron chi connectivity index (χ3n) is 3.12. The van der Waals surface area contributed by atoms with Crippen LogP contribution in [0.1, 0.15) is 13.8 Å². The minimum atomic E-state index is 0.0132. The van der Waals surface area contributed by atoms with Gasteiger partial charge in [-0.05, 0) is 32.2 Å². The van der Waals surface area contributed by atoms with Crippen molar-refractivity contribution < 1.29 is 4.79 Å². The fraction of sp³-hybridized carbons (Fsp3) is 0.500. The number of benzene rings is 1. The van der Waals surface area contributed by atoms with Crippen molar-refractivity contribution in [3.8, 4) is 0 Å². The van der Waals surface area contributed by atoms with E-state index in [1.807, 2.05) is 38.4 Å². The van der Waals surface area contributed by atoms with Gasteiger partial charge in [0.25, 0.3) is 0 Å². The molecule has 4 heteroatoms. The van der Waals surface area contributed by atoms with Crippen LogP contribution < -0.4 is 10.2 Å². The Balaban J connectivity index is 2.46. The number of hydrogen-bond acceptors (Lipinski definition) is 3. The molecule has 0 saturated heterocycles. The van der Waals surface area contributed by atoms with Crippen molar-refractivity contribution in [2.45, 2.75) is 25.1 Å². The maximum Gasteiger partial charge on any atom is 0.232 e. The van der Waals surface area contributed by atoms with Gasteiger partial charge in [-0.25, -0.2) is 0 Å². The molecule has 0 spiro atoms. The summed E-state index contributed by atoms with van der Waals surface area (Å²) in [5.41, 5.74) is 1.16. The minimum absolute atomic E-state index is 0.0132. The van der Waals surface area contributed by atoms with Crippen LogP contribution in [0.2, 0.25) is 0 Å². The molecule has 1 rings (SSSR count). The summed E-state index contributed by atoms with van der Waals surface area (Å²) in [7, 11) is 2.05. The van der Waals surface area contributed by atoms with Gasteiger partial charge in [0.1, 0.15) is 0 Å². The smallest absolute Gasteiger partial charge is 0.232 e. The maximum atomic E-state index is 11.7. The predicted molar refractivity (Wildman–Crippen MR) is 80.3 cm³/mol. The van der Waals surface area contributed by atoms with Gasteiger partial charge in [-0.15, -0.1) is 0 Å². The van der Waals surface area contributed by atoms with Crippen LogP contribution in [0.15, 0.2) is 30.3 Å². The number of thioether (sulfide) groups is 1. The molecule has 0 aliphatic carbocycles. The second kappa shape index (κ2) is 7.31. The van der Waals surface area contributed by atoms with Crippen LogP contribution in [0, 0.1) is 0 Å². The molecule has 1 aromatic carbocycles. The lowest BCUT2D eigenvalue weighted by atomic mass is 10.2. The Morgan fingerprint density at radius 3 is 2.50 bits per heavy atom. The molecule has 0 bridgehead atoms. The number of rotatable bonds is 6. The van der Waals surface area contributed by atoms with Gasteiger partial charge in [-0.3, -0.25) is 4.79 Å². The molecule has 0 saturated carbocycles. The van der Waals surface area contributed by atoms with E-state index in [1.165, 1.54) is 0 Å². The highest BCUT2D eigenvalue weighted by atomic mass is 32.2. The highest BCUT2D eigenvalue weighted by Gasteiger charge is 2.14. The van der Waals surface area contributed by atoms with E-state index in [0.29, 0.717) is 6.54 Å². The Labute approximate surface area is 114 Å². The summed E-state index contributed by atoms with van der Waals surface area (Å²) >= 11 is 1.56. The number of anilines is 1. The second-order valence-electron chi connectivity index (χ2n) is 4.42. The van der Waals surface area contributed by atoms with Crippen LogP contribution in [-0.4, -0.2) is 37.0 Å². The Bertz CT molecular complexity index is 369. The summed E-state index contributed by atoms with van der Waals surface area (Å²) in [5.74, 6) is 0.107. The van der Waals surface area contributed by atoms with Crippen LogP contribution in [0.4, 0.5) is 5.69 Å². The van der Waals surface area contributed by atoms with E-state index in [1.54, 1.807) is 11.8 Å². The Morgan fingerprint density at radius 1 is 1.33 bits per heavy atom. The van der Waals surface area contributed by atoms with Crippen molar-refractivity contribution in [2.75, 3.05) is 24.7 Å². The Morgan fingerprint density at radius 2 is 1.94 bits per heavy atom. The third-order valence-corrected chi connectivity index (χ3v) is 4.04. The molecule has 18 heavy (non-hydrogen) atoms. The fourth-order valence-electron chi connectivity index (χ4n) is 1.55. The van der Waals surface area contributed by atoms with E-state index in [9.17, 15) is 4.79 Å². The second-order valence-corrected chi connectivity index (χ2v) is 5.60. The van der Waals surface area contributed by atoms with Crippen LogP contribution >= 0.6 is 11.8 Å². The molecule has 100 valence electrons. The lowest BCUT2D eigenvalue weighted by Crippen LogP contribution is -2.42. The maximum absolute atomic E-state index is 11.7. The van der Waals surface area contributed by atoms with E-state index in [2.05, 4.69) is 29.3 Å². The number of para-hydroxylation sites is 1. The molecule has 0 unspecified atom stereocenters. The number of likely N-dealkylation sites (N-methyl/N-ethyl adjacent to an activating group) is 1. The zero-order valence-corrected chi connectivity index (χ0v) is 12.3. The van der Waals surface area contributed by atoms with Gasteiger partial charge in [0.2, 0.25) is 5.91 Å². The van der Waals surface area contributed by atoms with E-state index < -0.39 is 0 Å². The molecule has 2 atom stereocenters. The zero-order chi connectivity index (χ0) is 13.5. The van der Waals surface area contributed by atoms with E-state index in [-0.39, 0.29) is 17.2 Å². The summed E-state index contributed by atoms with van der Waals surface area (Å²) in [6.07, 6.45) is 1.95. The molecule has 0 aromatic heterocycles. The molecule has 1 N–H and O–H groups in total. The molecule has 3 nitrogen and oxygen atoms in total. The quantitative estimate of drug-likeness (QED) is 0.858. The number of nitrogens with zero attached hydrogens (tertiary/aromatic N) is 1. The van der Waals surface area contributed by atoms with Crippen LogP contribution in [0.25, 0.3) is 0 Å². The number of nitrogens with one attached hydrogen (secondary N) is 1. The third kappa shape index (κ3) is 4.26. The largest absolute Gasteiger partial charge is 0.370 e. The van der Waals surface area contributed by atoms with Crippen molar-refractivity contribution in [2.24, 2.45) is 0 Å². The topological polar surface area (TPSA) is 32.3 Å². The van der Waals surface area contributed by atoms with E-state index >= 15 is 0 Å². The molecular weight excluding hydrogens is 244 g/mol. The fourth-order valence-corrected chi connectivity index (χ4v) is 1.85. The van der Waals surface area contributed by atoms with Gasteiger partial charge < -0.3 is 10.2 Å². The summed E-state index contributed by atoms with van der Waals surface area (Å²) in [6.45, 7) is 4.69. The normalized spacial score (nSPS) is 13.8. The lowest BCUT2D eigenvalue weighted by Gasteiger charge is -2.27. The summed E-state index contributed by atoms with van der Waals surface area (Å²) in [5, 5.41) is 3.00. The molecule has 0 heterocycles. The first kappa shape index (κ1) is 14.9. The molecule has 0 aliphatic heterocycles. The van der Waals surface area contributed by atoms with Crippen LogP contribution in [-0.2, 0) is 4.79 Å². The first-order chi connectivity index (χ1) is 8.56. The number of hydrogen-bond donors (Lipinski definition) is 1. The molecule has 1 amide bonds. The lowest BCUT2D eigenvalue weighted by molar-refractivity contribution is -0.120. The van der Waals surface area contributed by atoms with Crippen molar-refractivity contribution >= 4 is 23.4 Å². The number of amides is 1. The summed E-state index contributed by atoms with van der Waals surface area (Å²) in [6, 6.07) is 10.5. The van der Waals surface area contributed by atoms with Crippen molar-refractivity contribution in [1.82, 2.24) is 5.32 Å². The number of carbonyl (C=O) groups is 1. The monoisotopic (exact) mass is 266 g/mol. The van der Waals surface area contributed by atoms with Gasteiger partial charge >= 0.3 is 0 Å². The number of carbonyl (C=O) groups excluding carboxylic acids is 1. The summed E-state index contributed by atoms with van der Waals surface area (Å²) < 4.78 is 0. The average molecular weight is 266 g/mol. The van der Waals surface area contributed by atoms with Crippen LogP contribution in [0.5, 0.6) is 0 Å². The summed E-state index contributed by atoms with van der Waals surface area (Å²) in [4.78, 5) is 13.9. The Hall–Kier alpha value is -1.16. The highest BCUT2D eigenvalue weighted by molar-refractivity contribution is 7.99. The van der Waals surface area contributed by atoms with Crippen molar-refractivity contribution in [3.05, 3.63) is 30.3 Å². The first-order valence-corrected chi connectivity index (χ1v) is 7.43. The van der Waals surface area contributed by atoms with Gasteiger partial charge in [0, 0.05) is 25.3 Å². The minimum Gasteiger partial charge on any atom is -0.370 e. The van der Waals surface area contributed by atoms with Gasteiger partial charge in [0.05, 0.1) is 5.25 Å². The zero-order valence-electron chi connectivity index (χ0n) is 11.5. The molecule has 1 aromatic rings.